The van der Waals surface area contributed by atoms with E-state index in [2.05, 4.69) is 0 Å². The monoisotopic (exact) mass is 245 g/mol. The van der Waals surface area contributed by atoms with Gasteiger partial charge in [-0.2, -0.15) is 4.57 Å². The number of hydrogen-bond acceptors (Lipinski definition) is 3. The van der Waals surface area contributed by atoms with Crippen LogP contribution in [0.25, 0.3) is 0 Å². The van der Waals surface area contributed by atoms with Gasteiger partial charge in [-0.3, -0.25) is 10.1 Å². The smallest absolute Gasteiger partial charge is 0.318 e. The van der Waals surface area contributed by atoms with Crippen molar-refractivity contribution in [2.75, 3.05) is 0 Å². The third-order valence-electron chi connectivity index (χ3n) is 2.41. The Morgan fingerprint density at radius 3 is 2.67 bits per heavy atom. The molecule has 5 nitrogen and oxygen atoms in total. The largest absolute Gasteiger partial charge is 0.332 e. The molecule has 0 aliphatic carbocycles. The first-order valence-electron chi connectivity index (χ1n) is 5.51. The normalized spacial score (nSPS) is 10.2. The molecule has 1 heterocycles. The first-order chi connectivity index (χ1) is 8.75. The van der Waals surface area contributed by atoms with Crippen LogP contribution in [0, 0.1) is 10.1 Å². The Labute approximate surface area is 104 Å². The minimum absolute atomic E-state index is 0.0563. The zero-order valence-electron chi connectivity index (χ0n) is 9.73. The van der Waals surface area contributed by atoms with Crippen molar-refractivity contribution in [1.82, 2.24) is 0 Å². The standard InChI is InChI=1S/C13H13N2O3/c16-15(17)13-7-4-8-14(9-13)11-18-10-12-5-2-1-3-6-12/h1-9H,10-11H2/q+1. The third kappa shape index (κ3) is 3.36. The van der Waals surface area contributed by atoms with Gasteiger partial charge in [-0.25, -0.2) is 0 Å². The summed E-state index contributed by atoms with van der Waals surface area (Å²) in [6.45, 7) is 0.771. The van der Waals surface area contributed by atoms with Gasteiger partial charge in [-0.15, -0.1) is 0 Å². The van der Waals surface area contributed by atoms with Crippen LogP contribution in [-0.4, -0.2) is 4.92 Å². The molecular formula is C13H13N2O3+. The Kier molecular flexibility index (Phi) is 3.98. The molecule has 1 aromatic heterocycles. The quantitative estimate of drug-likeness (QED) is 0.460. The van der Waals surface area contributed by atoms with Crippen LogP contribution in [0.5, 0.6) is 0 Å². The van der Waals surface area contributed by atoms with Crippen LogP contribution in [-0.2, 0) is 18.1 Å². The van der Waals surface area contributed by atoms with E-state index < -0.39 is 4.92 Å². The van der Waals surface area contributed by atoms with E-state index in [4.69, 9.17) is 4.74 Å². The second-order valence-electron chi connectivity index (χ2n) is 3.80. The Morgan fingerprint density at radius 2 is 1.94 bits per heavy atom. The molecule has 1 aromatic carbocycles. The summed E-state index contributed by atoms with van der Waals surface area (Å²) in [5.41, 5.74) is 1.13. The van der Waals surface area contributed by atoms with Crippen molar-refractivity contribution >= 4 is 5.69 Å². The zero-order valence-corrected chi connectivity index (χ0v) is 9.73. The summed E-state index contributed by atoms with van der Waals surface area (Å²) in [4.78, 5) is 10.2. The van der Waals surface area contributed by atoms with Crippen LogP contribution < -0.4 is 4.57 Å². The summed E-state index contributed by atoms with van der Waals surface area (Å²) in [7, 11) is 0. The third-order valence-corrected chi connectivity index (χ3v) is 2.41. The summed E-state index contributed by atoms with van der Waals surface area (Å²) in [6.07, 6.45) is 3.18. The van der Waals surface area contributed by atoms with Crippen molar-refractivity contribution < 1.29 is 14.2 Å². The zero-order chi connectivity index (χ0) is 12.8. The highest BCUT2D eigenvalue weighted by Crippen LogP contribution is 2.05. The maximum Gasteiger partial charge on any atom is 0.332 e. The van der Waals surface area contributed by atoms with Gasteiger partial charge in [0.2, 0.25) is 6.20 Å². The lowest BCUT2D eigenvalue weighted by Gasteiger charge is -2.00. The molecule has 0 aliphatic heterocycles. The SMILES string of the molecule is O=[N+]([O-])c1ccc[n+](COCc2ccccc2)c1. The number of nitrogens with zero attached hydrogens (tertiary/aromatic N) is 2. The van der Waals surface area contributed by atoms with Gasteiger partial charge < -0.3 is 4.74 Å². The van der Waals surface area contributed by atoms with Crippen LogP contribution in [0.2, 0.25) is 0 Å². The van der Waals surface area contributed by atoms with Gasteiger partial charge in [0, 0.05) is 12.1 Å². The number of benzene rings is 1. The van der Waals surface area contributed by atoms with Crippen LogP contribution in [0.15, 0.2) is 54.9 Å². The van der Waals surface area contributed by atoms with Gasteiger partial charge >= 0.3 is 5.69 Å². The van der Waals surface area contributed by atoms with E-state index in [0.29, 0.717) is 6.61 Å². The van der Waals surface area contributed by atoms with Gasteiger partial charge in [0.25, 0.3) is 6.73 Å². The molecule has 0 amide bonds. The fourth-order valence-electron chi connectivity index (χ4n) is 1.54. The van der Waals surface area contributed by atoms with Gasteiger partial charge in [0.05, 0.1) is 11.5 Å². The molecule has 0 saturated heterocycles. The predicted octanol–water partition coefficient (Wildman–Crippen LogP) is 2.06. The molecule has 0 fully saturated rings. The number of pyridine rings is 1. The molecule has 0 unspecified atom stereocenters. The number of nitro groups is 1. The van der Waals surface area contributed by atoms with Crippen molar-refractivity contribution in [3.63, 3.8) is 0 Å². The first kappa shape index (κ1) is 12.2. The Hall–Kier alpha value is -2.27. The van der Waals surface area contributed by atoms with Crippen molar-refractivity contribution in [3.05, 3.63) is 70.5 Å². The molecule has 0 aliphatic rings. The van der Waals surface area contributed by atoms with Gasteiger partial charge in [0.1, 0.15) is 0 Å². The molecule has 0 bridgehead atoms. The summed E-state index contributed by atoms with van der Waals surface area (Å²) in [5.74, 6) is 0. The van der Waals surface area contributed by atoms with Crippen LogP contribution in [0.4, 0.5) is 5.69 Å². The number of rotatable bonds is 5. The van der Waals surface area contributed by atoms with E-state index in [-0.39, 0.29) is 12.4 Å². The Bertz CT molecular complexity index is 529. The van der Waals surface area contributed by atoms with E-state index in [1.54, 1.807) is 16.8 Å². The van der Waals surface area contributed by atoms with Crippen molar-refractivity contribution in [2.45, 2.75) is 13.3 Å². The molecule has 0 atom stereocenters. The number of aromatic nitrogens is 1. The van der Waals surface area contributed by atoms with E-state index in [1.165, 1.54) is 12.3 Å². The van der Waals surface area contributed by atoms with Gasteiger partial charge in [0.15, 0.2) is 6.20 Å². The summed E-state index contributed by atoms with van der Waals surface area (Å²) >= 11 is 0. The van der Waals surface area contributed by atoms with Crippen molar-refractivity contribution in [2.24, 2.45) is 0 Å². The second kappa shape index (κ2) is 5.88. The predicted molar refractivity (Wildman–Crippen MR) is 64.5 cm³/mol. The molecule has 18 heavy (non-hydrogen) atoms. The number of hydrogen-bond donors (Lipinski definition) is 0. The lowest BCUT2D eigenvalue weighted by atomic mass is 10.2. The summed E-state index contributed by atoms with van der Waals surface area (Å²) in [6, 6.07) is 12.9. The molecule has 5 heteroatoms. The lowest BCUT2D eigenvalue weighted by molar-refractivity contribution is -0.735. The van der Waals surface area contributed by atoms with Crippen LogP contribution >= 0.6 is 0 Å². The molecule has 2 rings (SSSR count). The molecule has 0 spiro atoms. The van der Waals surface area contributed by atoms with E-state index >= 15 is 0 Å². The Balaban J connectivity index is 1.90. The van der Waals surface area contributed by atoms with Crippen molar-refractivity contribution in [1.29, 1.82) is 0 Å². The van der Waals surface area contributed by atoms with Crippen LogP contribution in [0.3, 0.4) is 0 Å². The van der Waals surface area contributed by atoms with E-state index in [9.17, 15) is 10.1 Å². The second-order valence-corrected chi connectivity index (χ2v) is 3.80. The summed E-state index contributed by atoms with van der Waals surface area (Å²) < 4.78 is 7.12. The van der Waals surface area contributed by atoms with Crippen LogP contribution in [0.1, 0.15) is 5.56 Å². The fraction of sp³-hybridized carbons (Fsp3) is 0.154. The minimum atomic E-state index is -0.423. The summed E-state index contributed by atoms with van der Waals surface area (Å²) in [5, 5.41) is 10.6. The minimum Gasteiger partial charge on any atom is -0.318 e. The molecule has 0 saturated carbocycles. The average molecular weight is 245 g/mol. The number of ether oxygens (including phenoxy) is 1. The maximum absolute atomic E-state index is 10.6. The maximum atomic E-state index is 10.6. The van der Waals surface area contributed by atoms with Crippen molar-refractivity contribution in [3.8, 4) is 0 Å². The highest BCUT2D eigenvalue weighted by atomic mass is 16.6. The topological polar surface area (TPSA) is 56.2 Å². The molecular weight excluding hydrogens is 232 g/mol. The Morgan fingerprint density at radius 1 is 1.17 bits per heavy atom. The highest BCUT2D eigenvalue weighted by Gasteiger charge is 2.11. The molecule has 0 radical (unpaired) electrons. The molecule has 0 N–H and O–H groups in total. The first-order valence-corrected chi connectivity index (χ1v) is 5.51. The van der Waals surface area contributed by atoms with Gasteiger partial charge in [-0.1, -0.05) is 30.3 Å². The molecule has 2 aromatic rings. The fourth-order valence-corrected chi connectivity index (χ4v) is 1.54. The molecule has 92 valence electrons. The average Bonchev–Trinajstić information content (AvgIpc) is 2.40. The van der Waals surface area contributed by atoms with Gasteiger partial charge in [-0.05, 0) is 5.56 Å². The highest BCUT2D eigenvalue weighted by molar-refractivity contribution is 5.21. The van der Waals surface area contributed by atoms with E-state index in [0.717, 1.165) is 5.56 Å². The lowest BCUT2D eigenvalue weighted by Crippen LogP contribution is -2.34. The van der Waals surface area contributed by atoms with E-state index in [1.807, 2.05) is 30.3 Å².